The van der Waals surface area contributed by atoms with Gasteiger partial charge < -0.3 is 5.32 Å². The lowest BCUT2D eigenvalue weighted by Gasteiger charge is -2.24. The topological polar surface area (TPSA) is 75.3 Å². The first-order chi connectivity index (χ1) is 12.9. The molecule has 2 rings (SSSR count). The van der Waals surface area contributed by atoms with Crippen molar-refractivity contribution in [1.29, 1.82) is 0 Å². The van der Waals surface area contributed by atoms with Crippen LogP contribution < -0.4 is 10.0 Å². The number of carbonyl (C=O) groups excluding carboxylic acids is 1. The lowest BCUT2D eigenvalue weighted by Crippen LogP contribution is -2.31. The Morgan fingerprint density at radius 3 is 2.18 bits per heavy atom. The van der Waals surface area contributed by atoms with Crippen molar-refractivity contribution in [2.24, 2.45) is 5.92 Å². The fraction of sp³-hybridized carbons (Fsp3) is 0.476. The fourth-order valence-electron chi connectivity index (χ4n) is 2.81. The molecule has 0 fully saturated rings. The van der Waals surface area contributed by atoms with Crippen LogP contribution >= 0.6 is 11.3 Å². The van der Waals surface area contributed by atoms with E-state index in [1.54, 1.807) is 12.1 Å². The molecule has 0 bridgehead atoms. The molecule has 2 N–H and O–H groups in total. The normalized spacial score (nSPS) is 13.5. The Hall–Kier alpha value is -1.70. The zero-order chi connectivity index (χ0) is 21.1. The maximum absolute atomic E-state index is 12.9. The number of amides is 1. The van der Waals surface area contributed by atoms with Crippen molar-refractivity contribution in [3.8, 4) is 0 Å². The van der Waals surface area contributed by atoms with Gasteiger partial charge in [0.05, 0.1) is 6.54 Å². The average molecular weight is 423 g/mol. The maximum Gasteiger partial charge on any atom is 0.250 e. The maximum atomic E-state index is 12.9. The number of thiophene rings is 1. The van der Waals surface area contributed by atoms with Gasteiger partial charge in [-0.25, -0.2) is 13.1 Å². The molecular weight excluding hydrogens is 392 g/mol. The minimum atomic E-state index is -3.65. The molecule has 0 aliphatic heterocycles. The molecule has 154 valence electrons. The molecule has 1 aromatic carbocycles. The Morgan fingerprint density at radius 2 is 1.68 bits per heavy atom. The van der Waals surface area contributed by atoms with Crippen molar-refractivity contribution in [3.63, 3.8) is 0 Å². The highest BCUT2D eigenvalue weighted by Crippen LogP contribution is 2.29. The zero-order valence-electron chi connectivity index (χ0n) is 17.4. The summed E-state index contributed by atoms with van der Waals surface area (Å²) in [5.74, 6) is -0.0522. The van der Waals surface area contributed by atoms with Crippen molar-refractivity contribution < 1.29 is 13.2 Å². The smallest absolute Gasteiger partial charge is 0.250 e. The van der Waals surface area contributed by atoms with Crippen molar-refractivity contribution in [1.82, 2.24) is 10.0 Å². The fourth-order valence-corrected chi connectivity index (χ4v) is 5.50. The Morgan fingerprint density at radius 1 is 1.07 bits per heavy atom. The molecule has 1 aromatic heterocycles. The number of hydrogen-bond donors (Lipinski definition) is 2. The van der Waals surface area contributed by atoms with E-state index in [1.165, 1.54) is 23.8 Å². The van der Waals surface area contributed by atoms with Gasteiger partial charge >= 0.3 is 0 Å². The highest BCUT2D eigenvalue weighted by Gasteiger charge is 2.25. The van der Waals surface area contributed by atoms with Gasteiger partial charge in [-0.1, -0.05) is 58.9 Å². The summed E-state index contributed by atoms with van der Waals surface area (Å²) in [6.07, 6.45) is 0. The molecular formula is C21H30N2O3S2. The van der Waals surface area contributed by atoms with Gasteiger partial charge in [0, 0.05) is 17.8 Å². The van der Waals surface area contributed by atoms with Crippen LogP contribution in [0.1, 0.15) is 63.6 Å². The number of sulfonamides is 1. The van der Waals surface area contributed by atoms with E-state index in [0.29, 0.717) is 6.54 Å². The minimum absolute atomic E-state index is 0.0483. The summed E-state index contributed by atoms with van der Waals surface area (Å²) < 4.78 is 28.9. The number of benzene rings is 1. The molecule has 0 aliphatic carbocycles. The Labute approximate surface area is 172 Å². The first-order valence-electron chi connectivity index (χ1n) is 9.36. The van der Waals surface area contributed by atoms with Gasteiger partial charge in [-0.15, -0.1) is 11.3 Å². The summed E-state index contributed by atoms with van der Waals surface area (Å²) in [6, 6.07) is 11.1. The third-order valence-electron chi connectivity index (χ3n) is 4.50. The van der Waals surface area contributed by atoms with E-state index in [-0.39, 0.29) is 27.5 Å². The van der Waals surface area contributed by atoms with Crippen molar-refractivity contribution in [2.45, 2.75) is 63.8 Å². The van der Waals surface area contributed by atoms with Crippen LogP contribution in [0.3, 0.4) is 0 Å². The molecule has 7 heteroatoms. The van der Waals surface area contributed by atoms with Gasteiger partial charge in [-0.05, 0) is 34.6 Å². The second-order valence-electron chi connectivity index (χ2n) is 8.35. The summed E-state index contributed by atoms with van der Waals surface area (Å²) in [7, 11) is -3.65. The van der Waals surface area contributed by atoms with E-state index in [2.05, 4.69) is 42.9 Å². The van der Waals surface area contributed by atoms with Crippen LogP contribution in [0.15, 0.2) is 40.6 Å². The summed E-state index contributed by atoms with van der Waals surface area (Å²) in [6.45, 7) is 12.2. The molecule has 0 radical (unpaired) electrons. The van der Waals surface area contributed by atoms with Crippen LogP contribution in [0.5, 0.6) is 0 Å². The minimum Gasteiger partial charge on any atom is -0.351 e. The van der Waals surface area contributed by atoms with Crippen LogP contribution in [-0.2, 0) is 26.8 Å². The van der Waals surface area contributed by atoms with Gasteiger partial charge in [-0.2, -0.15) is 0 Å². The van der Waals surface area contributed by atoms with Gasteiger partial charge in [0.25, 0.3) is 10.0 Å². The molecule has 0 saturated heterocycles. The lowest BCUT2D eigenvalue weighted by atomic mass is 9.85. The first-order valence-corrected chi connectivity index (χ1v) is 11.7. The third-order valence-corrected chi connectivity index (χ3v) is 7.52. The molecule has 1 atom stereocenters. The molecule has 5 nitrogen and oxygen atoms in total. The number of hydrogen-bond acceptors (Lipinski definition) is 4. The van der Waals surface area contributed by atoms with E-state index in [1.807, 2.05) is 26.0 Å². The average Bonchev–Trinajstić information content (AvgIpc) is 3.07. The van der Waals surface area contributed by atoms with Gasteiger partial charge in [0.1, 0.15) is 4.21 Å². The van der Waals surface area contributed by atoms with Crippen LogP contribution in [0.2, 0.25) is 0 Å². The Kier molecular flexibility index (Phi) is 7.07. The zero-order valence-corrected chi connectivity index (χ0v) is 19.0. The molecule has 28 heavy (non-hydrogen) atoms. The molecule has 2 aromatic rings. The first kappa shape index (κ1) is 22.6. The lowest BCUT2D eigenvalue weighted by molar-refractivity contribution is -0.119. The largest absolute Gasteiger partial charge is 0.351 e. The van der Waals surface area contributed by atoms with E-state index in [9.17, 15) is 13.2 Å². The van der Waals surface area contributed by atoms with E-state index in [4.69, 9.17) is 0 Å². The van der Waals surface area contributed by atoms with Gasteiger partial charge in [-0.3, -0.25) is 4.79 Å². The standard InChI is InChI=1S/C21H30N2O3S2/c1-14(2)20(16-7-9-17(10-8-16)21(4,5)6)23-28(25,26)19-12-11-18(27-19)13-22-15(3)24/h7-12,14,20,23H,13H2,1-6H3,(H,22,24)/t20-/m0/s1. The van der Waals surface area contributed by atoms with E-state index >= 15 is 0 Å². The third kappa shape index (κ3) is 5.90. The van der Waals surface area contributed by atoms with Crippen LogP contribution in [0.4, 0.5) is 0 Å². The highest BCUT2D eigenvalue weighted by atomic mass is 32.2. The predicted molar refractivity (Wildman–Crippen MR) is 115 cm³/mol. The highest BCUT2D eigenvalue weighted by molar-refractivity contribution is 7.91. The van der Waals surface area contributed by atoms with E-state index < -0.39 is 10.0 Å². The van der Waals surface area contributed by atoms with E-state index in [0.717, 1.165) is 10.4 Å². The van der Waals surface area contributed by atoms with Crippen LogP contribution in [0, 0.1) is 5.92 Å². The summed E-state index contributed by atoms with van der Waals surface area (Å²) in [4.78, 5) is 11.8. The SMILES string of the molecule is CC(=O)NCc1ccc(S(=O)(=O)N[C@H](c2ccc(C(C)(C)C)cc2)C(C)C)s1. The second kappa shape index (κ2) is 8.76. The Bertz CT molecular complexity index is 908. The summed E-state index contributed by atoms with van der Waals surface area (Å²) >= 11 is 1.17. The molecule has 0 spiro atoms. The van der Waals surface area contributed by atoms with Crippen LogP contribution in [0.25, 0.3) is 0 Å². The number of rotatable bonds is 7. The Balaban J connectivity index is 2.22. The van der Waals surface area contributed by atoms with Crippen LogP contribution in [-0.4, -0.2) is 14.3 Å². The summed E-state index contributed by atoms with van der Waals surface area (Å²) in [5.41, 5.74) is 2.20. The van der Waals surface area contributed by atoms with Gasteiger partial charge in [0.2, 0.25) is 5.91 Å². The molecule has 0 aliphatic rings. The van der Waals surface area contributed by atoms with Gasteiger partial charge in [0.15, 0.2) is 0 Å². The molecule has 0 unspecified atom stereocenters. The molecule has 0 saturated carbocycles. The monoisotopic (exact) mass is 422 g/mol. The molecule has 1 heterocycles. The predicted octanol–water partition coefficient (Wildman–Crippen LogP) is 4.36. The quantitative estimate of drug-likeness (QED) is 0.696. The van der Waals surface area contributed by atoms with Crippen molar-refractivity contribution in [2.75, 3.05) is 0 Å². The van der Waals surface area contributed by atoms with Crippen molar-refractivity contribution in [3.05, 3.63) is 52.4 Å². The van der Waals surface area contributed by atoms with Crippen molar-refractivity contribution >= 4 is 27.3 Å². The number of nitrogens with one attached hydrogen (secondary N) is 2. The summed E-state index contributed by atoms with van der Waals surface area (Å²) in [5, 5.41) is 2.69. The second-order valence-corrected chi connectivity index (χ2v) is 11.5. The molecule has 1 amide bonds. The number of carbonyl (C=O) groups is 1.